The van der Waals surface area contributed by atoms with Gasteiger partial charge in [0.2, 0.25) is 0 Å². The molecule has 1 unspecified atom stereocenters. The maximum Gasteiger partial charge on any atom is 0.173 e. The van der Waals surface area contributed by atoms with Gasteiger partial charge in [0, 0.05) is 0 Å². The van der Waals surface area contributed by atoms with Crippen LogP contribution >= 0.6 is 27.5 Å². The van der Waals surface area contributed by atoms with Crippen LogP contribution in [0.4, 0.5) is 13.2 Å². The molecular formula is C14H11BrClF3N2. The Hall–Kier alpha value is -1.08. The summed E-state index contributed by atoms with van der Waals surface area (Å²) in [6.45, 7) is 0. The van der Waals surface area contributed by atoms with Crippen LogP contribution in [0.15, 0.2) is 34.8 Å². The molecule has 0 fully saturated rings. The molecule has 2 rings (SSSR count). The molecule has 7 heteroatoms. The molecule has 3 N–H and O–H groups in total. The first-order valence-corrected chi connectivity index (χ1v) is 7.15. The van der Waals surface area contributed by atoms with Crippen LogP contribution in [0.25, 0.3) is 0 Å². The van der Waals surface area contributed by atoms with Crippen molar-refractivity contribution in [3.63, 3.8) is 0 Å². The number of nitrogens with one attached hydrogen (secondary N) is 1. The van der Waals surface area contributed by atoms with Gasteiger partial charge in [0.1, 0.15) is 5.82 Å². The van der Waals surface area contributed by atoms with Crippen molar-refractivity contribution >= 4 is 27.5 Å². The third kappa shape index (κ3) is 3.40. The Morgan fingerprint density at radius 2 is 1.86 bits per heavy atom. The largest absolute Gasteiger partial charge is 0.271 e. The monoisotopic (exact) mass is 378 g/mol. The lowest BCUT2D eigenvalue weighted by atomic mass is 9.99. The molecule has 21 heavy (non-hydrogen) atoms. The van der Waals surface area contributed by atoms with Crippen LogP contribution in [0, 0.1) is 17.5 Å². The summed E-state index contributed by atoms with van der Waals surface area (Å²) in [5, 5.41) is -0.00683. The standard InChI is InChI=1S/C14H11BrClF3N2/c15-12-8(4-5-10(17)14(12)19)11(21-20)6-7-2-1-3-9(16)13(7)18/h1-5,11,21H,6,20H2. The van der Waals surface area contributed by atoms with Crippen molar-refractivity contribution in [2.24, 2.45) is 5.84 Å². The van der Waals surface area contributed by atoms with E-state index in [1.807, 2.05) is 0 Å². The predicted octanol–water partition coefficient (Wildman–Crippen LogP) is 4.27. The summed E-state index contributed by atoms with van der Waals surface area (Å²) in [5.74, 6) is 2.91. The van der Waals surface area contributed by atoms with Crippen molar-refractivity contribution in [2.75, 3.05) is 0 Å². The summed E-state index contributed by atoms with van der Waals surface area (Å²) in [4.78, 5) is 0. The molecule has 0 spiro atoms. The van der Waals surface area contributed by atoms with Crippen LogP contribution in [0.5, 0.6) is 0 Å². The van der Waals surface area contributed by atoms with Crippen molar-refractivity contribution in [2.45, 2.75) is 12.5 Å². The third-order valence-electron chi connectivity index (χ3n) is 3.10. The highest BCUT2D eigenvalue weighted by Gasteiger charge is 2.20. The van der Waals surface area contributed by atoms with E-state index in [4.69, 9.17) is 17.4 Å². The molecule has 0 aromatic heterocycles. The molecule has 1 atom stereocenters. The van der Waals surface area contributed by atoms with Gasteiger partial charge in [-0.1, -0.05) is 29.8 Å². The Kier molecular flexibility index (Phi) is 5.27. The topological polar surface area (TPSA) is 38.0 Å². The average Bonchev–Trinajstić information content (AvgIpc) is 2.47. The van der Waals surface area contributed by atoms with Crippen molar-refractivity contribution in [1.82, 2.24) is 5.43 Å². The Labute approximate surface area is 133 Å². The highest BCUT2D eigenvalue weighted by Crippen LogP contribution is 2.30. The van der Waals surface area contributed by atoms with Gasteiger partial charge in [-0.15, -0.1) is 0 Å². The van der Waals surface area contributed by atoms with Gasteiger partial charge in [-0.3, -0.25) is 11.3 Å². The number of benzene rings is 2. The summed E-state index contributed by atoms with van der Waals surface area (Å²) in [5.41, 5.74) is 3.18. The third-order valence-corrected chi connectivity index (χ3v) is 4.20. The number of hydrogen-bond donors (Lipinski definition) is 2. The SMILES string of the molecule is NNC(Cc1cccc(Cl)c1F)c1ccc(F)c(F)c1Br. The summed E-state index contributed by atoms with van der Waals surface area (Å²) in [7, 11) is 0. The quantitative estimate of drug-likeness (QED) is 0.473. The van der Waals surface area contributed by atoms with Gasteiger partial charge in [0.25, 0.3) is 0 Å². The highest BCUT2D eigenvalue weighted by molar-refractivity contribution is 9.10. The Morgan fingerprint density at radius 3 is 2.52 bits per heavy atom. The molecule has 0 aliphatic heterocycles. The molecule has 0 saturated carbocycles. The molecule has 2 aromatic carbocycles. The molecule has 0 aliphatic rings. The van der Waals surface area contributed by atoms with Gasteiger partial charge < -0.3 is 0 Å². The van der Waals surface area contributed by atoms with E-state index in [1.165, 1.54) is 12.1 Å². The lowest BCUT2D eigenvalue weighted by Gasteiger charge is -2.19. The Morgan fingerprint density at radius 1 is 1.14 bits per heavy atom. The maximum absolute atomic E-state index is 13.9. The van der Waals surface area contributed by atoms with E-state index < -0.39 is 23.5 Å². The van der Waals surface area contributed by atoms with E-state index in [9.17, 15) is 13.2 Å². The van der Waals surface area contributed by atoms with Crippen molar-refractivity contribution in [3.8, 4) is 0 Å². The second kappa shape index (κ2) is 6.79. The fraction of sp³-hybridized carbons (Fsp3) is 0.143. The molecular weight excluding hydrogens is 369 g/mol. The van der Waals surface area contributed by atoms with Gasteiger partial charge in [-0.2, -0.15) is 0 Å². The van der Waals surface area contributed by atoms with Crippen molar-refractivity contribution < 1.29 is 13.2 Å². The fourth-order valence-corrected chi connectivity index (χ4v) is 2.79. The molecule has 0 aliphatic carbocycles. The minimum atomic E-state index is -1.01. The normalized spacial score (nSPS) is 12.5. The predicted molar refractivity (Wildman–Crippen MR) is 79.2 cm³/mol. The molecule has 2 aromatic rings. The maximum atomic E-state index is 13.9. The molecule has 0 bridgehead atoms. The van der Waals surface area contributed by atoms with E-state index in [1.54, 1.807) is 12.1 Å². The zero-order valence-corrected chi connectivity index (χ0v) is 13.0. The molecule has 0 heterocycles. The lowest BCUT2D eigenvalue weighted by Crippen LogP contribution is -2.30. The molecule has 2 nitrogen and oxygen atoms in total. The minimum Gasteiger partial charge on any atom is -0.271 e. The van der Waals surface area contributed by atoms with Crippen LogP contribution in [0.1, 0.15) is 17.2 Å². The Bertz CT molecular complexity index is 667. The zero-order chi connectivity index (χ0) is 15.6. The van der Waals surface area contributed by atoms with Crippen molar-refractivity contribution in [3.05, 3.63) is 68.4 Å². The fourth-order valence-electron chi connectivity index (χ4n) is 1.99. The van der Waals surface area contributed by atoms with Gasteiger partial charge in [0.05, 0.1) is 15.5 Å². The van der Waals surface area contributed by atoms with Gasteiger partial charge >= 0.3 is 0 Å². The molecule has 112 valence electrons. The first-order valence-electron chi connectivity index (χ1n) is 5.98. The van der Waals surface area contributed by atoms with E-state index in [0.717, 1.165) is 6.07 Å². The van der Waals surface area contributed by atoms with E-state index >= 15 is 0 Å². The van der Waals surface area contributed by atoms with E-state index in [2.05, 4.69) is 21.4 Å². The van der Waals surface area contributed by atoms with E-state index in [0.29, 0.717) is 11.1 Å². The second-order valence-corrected chi connectivity index (χ2v) is 5.60. The van der Waals surface area contributed by atoms with Gasteiger partial charge in [-0.05, 0) is 45.6 Å². The number of hydrazine groups is 1. The summed E-state index contributed by atoms with van der Waals surface area (Å²) >= 11 is 8.71. The molecule has 0 radical (unpaired) electrons. The number of halogens is 5. The van der Waals surface area contributed by atoms with Crippen LogP contribution in [-0.2, 0) is 6.42 Å². The first kappa shape index (κ1) is 16.3. The number of rotatable bonds is 4. The summed E-state index contributed by atoms with van der Waals surface area (Å²) in [6.07, 6.45) is 0.132. The minimum absolute atomic E-state index is 0.00683. The number of hydrogen-bond acceptors (Lipinski definition) is 2. The Balaban J connectivity index is 2.37. The van der Waals surface area contributed by atoms with Crippen LogP contribution in [-0.4, -0.2) is 0 Å². The number of nitrogens with two attached hydrogens (primary N) is 1. The first-order chi connectivity index (χ1) is 9.95. The van der Waals surface area contributed by atoms with Crippen LogP contribution in [0.2, 0.25) is 5.02 Å². The summed E-state index contributed by atoms with van der Waals surface area (Å²) in [6, 6.07) is 6.36. The zero-order valence-electron chi connectivity index (χ0n) is 10.6. The average molecular weight is 380 g/mol. The highest BCUT2D eigenvalue weighted by atomic mass is 79.9. The van der Waals surface area contributed by atoms with Gasteiger partial charge in [-0.25, -0.2) is 13.2 Å². The molecule has 0 saturated heterocycles. The van der Waals surface area contributed by atoms with Crippen LogP contribution < -0.4 is 11.3 Å². The lowest BCUT2D eigenvalue weighted by molar-refractivity contribution is 0.488. The van der Waals surface area contributed by atoms with Crippen LogP contribution in [0.3, 0.4) is 0 Å². The second-order valence-electron chi connectivity index (χ2n) is 4.40. The van der Waals surface area contributed by atoms with Crippen molar-refractivity contribution in [1.29, 1.82) is 0 Å². The van der Waals surface area contributed by atoms with Gasteiger partial charge in [0.15, 0.2) is 11.6 Å². The smallest absolute Gasteiger partial charge is 0.173 e. The molecule has 0 amide bonds. The van der Waals surface area contributed by atoms with E-state index in [-0.39, 0.29) is 15.9 Å². The summed E-state index contributed by atoms with van der Waals surface area (Å²) < 4.78 is 40.6.